The van der Waals surface area contributed by atoms with Crippen LogP contribution in [0.15, 0.2) is 10.7 Å². The van der Waals surface area contributed by atoms with Gasteiger partial charge in [0.05, 0.1) is 11.9 Å². The fourth-order valence-corrected chi connectivity index (χ4v) is 2.14. The predicted octanol–water partition coefficient (Wildman–Crippen LogP) is 0.194. The second-order valence-electron chi connectivity index (χ2n) is 4.81. The molecule has 0 saturated carbocycles. The molecule has 1 atom stereocenters. The molecule has 8 heteroatoms. The standard InChI is InChI=1S/C11H16N6O2/c1-11(3-2-4-18-11)10-13-9(19-15-10)7-17-6-8(5-12)14-16-17/h6H,2-5,7,12H2,1H3. The molecule has 8 nitrogen and oxygen atoms in total. The molecule has 2 aromatic rings. The van der Waals surface area contributed by atoms with Gasteiger partial charge in [0.25, 0.3) is 0 Å². The highest BCUT2D eigenvalue weighted by Crippen LogP contribution is 2.33. The molecule has 2 aromatic heterocycles. The molecule has 19 heavy (non-hydrogen) atoms. The van der Waals surface area contributed by atoms with Crippen molar-refractivity contribution in [2.45, 2.75) is 38.5 Å². The maximum atomic E-state index is 5.68. The van der Waals surface area contributed by atoms with Crippen LogP contribution in [0.5, 0.6) is 0 Å². The summed E-state index contributed by atoms with van der Waals surface area (Å²) in [6, 6.07) is 0. The molecular weight excluding hydrogens is 248 g/mol. The van der Waals surface area contributed by atoms with Crippen LogP contribution in [0.1, 0.15) is 37.2 Å². The van der Waals surface area contributed by atoms with Gasteiger partial charge in [0, 0.05) is 13.2 Å². The lowest BCUT2D eigenvalue weighted by molar-refractivity contribution is 0.00768. The lowest BCUT2D eigenvalue weighted by Gasteiger charge is -2.17. The van der Waals surface area contributed by atoms with Gasteiger partial charge in [0.15, 0.2) is 0 Å². The Hall–Kier alpha value is -1.80. The van der Waals surface area contributed by atoms with Crippen molar-refractivity contribution in [2.24, 2.45) is 5.73 Å². The van der Waals surface area contributed by atoms with E-state index in [1.807, 2.05) is 6.92 Å². The SMILES string of the molecule is CC1(c2noc(Cn3cc(CN)nn3)n2)CCCO1. The Balaban J connectivity index is 1.74. The van der Waals surface area contributed by atoms with E-state index in [0.717, 1.165) is 25.1 Å². The van der Waals surface area contributed by atoms with Gasteiger partial charge < -0.3 is 15.0 Å². The summed E-state index contributed by atoms with van der Waals surface area (Å²) < 4.78 is 12.5. The zero-order valence-electron chi connectivity index (χ0n) is 10.7. The molecule has 1 saturated heterocycles. The van der Waals surface area contributed by atoms with Gasteiger partial charge in [-0.2, -0.15) is 4.98 Å². The van der Waals surface area contributed by atoms with Gasteiger partial charge in [-0.15, -0.1) is 5.10 Å². The molecule has 2 N–H and O–H groups in total. The molecule has 0 bridgehead atoms. The van der Waals surface area contributed by atoms with Crippen molar-refractivity contribution in [1.82, 2.24) is 25.1 Å². The van der Waals surface area contributed by atoms with Gasteiger partial charge in [-0.1, -0.05) is 10.4 Å². The fraction of sp³-hybridized carbons (Fsp3) is 0.636. The summed E-state index contributed by atoms with van der Waals surface area (Å²) in [4.78, 5) is 4.37. The van der Waals surface area contributed by atoms with Crippen LogP contribution in [-0.4, -0.2) is 31.7 Å². The summed E-state index contributed by atoms with van der Waals surface area (Å²) in [6.45, 7) is 3.47. The minimum Gasteiger partial charge on any atom is -0.367 e. The highest BCUT2D eigenvalue weighted by molar-refractivity contribution is 5.02. The third-order valence-electron chi connectivity index (χ3n) is 3.25. The van der Waals surface area contributed by atoms with Crippen molar-refractivity contribution in [2.75, 3.05) is 6.61 Å². The van der Waals surface area contributed by atoms with E-state index in [0.29, 0.717) is 24.8 Å². The number of rotatable bonds is 4. The first kappa shape index (κ1) is 12.2. The van der Waals surface area contributed by atoms with Crippen LogP contribution < -0.4 is 5.73 Å². The fourth-order valence-electron chi connectivity index (χ4n) is 2.14. The number of aromatic nitrogens is 5. The number of hydrogen-bond acceptors (Lipinski definition) is 7. The van der Waals surface area contributed by atoms with Gasteiger partial charge in [-0.05, 0) is 19.8 Å². The van der Waals surface area contributed by atoms with E-state index in [9.17, 15) is 0 Å². The quantitative estimate of drug-likeness (QED) is 0.840. The van der Waals surface area contributed by atoms with Crippen molar-refractivity contribution < 1.29 is 9.26 Å². The molecular formula is C11H16N6O2. The Labute approximate surface area is 109 Å². The minimum atomic E-state index is -0.424. The van der Waals surface area contributed by atoms with Gasteiger partial charge in [-0.3, -0.25) is 0 Å². The number of hydrogen-bond donors (Lipinski definition) is 1. The molecule has 0 aliphatic carbocycles. The van der Waals surface area contributed by atoms with Crippen LogP contribution in [0, 0.1) is 0 Å². The van der Waals surface area contributed by atoms with Gasteiger partial charge >= 0.3 is 0 Å². The summed E-state index contributed by atoms with van der Waals surface area (Å²) in [7, 11) is 0. The summed E-state index contributed by atoms with van der Waals surface area (Å²) in [5.41, 5.74) is 5.78. The summed E-state index contributed by atoms with van der Waals surface area (Å²) in [5, 5.41) is 11.8. The van der Waals surface area contributed by atoms with Crippen LogP contribution in [0.4, 0.5) is 0 Å². The molecule has 0 spiro atoms. The highest BCUT2D eigenvalue weighted by atomic mass is 16.5. The second kappa shape index (κ2) is 4.71. The molecule has 0 amide bonds. The summed E-state index contributed by atoms with van der Waals surface area (Å²) >= 11 is 0. The zero-order valence-corrected chi connectivity index (χ0v) is 10.7. The number of ether oxygens (including phenoxy) is 1. The summed E-state index contributed by atoms with van der Waals surface area (Å²) in [5.74, 6) is 1.08. The van der Waals surface area contributed by atoms with Crippen molar-refractivity contribution >= 4 is 0 Å². The van der Waals surface area contributed by atoms with Crippen LogP contribution in [0.2, 0.25) is 0 Å². The van der Waals surface area contributed by atoms with Gasteiger partial charge in [0.1, 0.15) is 12.1 Å². The van der Waals surface area contributed by atoms with E-state index in [4.69, 9.17) is 15.0 Å². The molecule has 1 unspecified atom stereocenters. The van der Waals surface area contributed by atoms with E-state index in [2.05, 4.69) is 20.5 Å². The van der Waals surface area contributed by atoms with Crippen LogP contribution in [0.25, 0.3) is 0 Å². The molecule has 102 valence electrons. The normalized spacial score (nSPS) is 23.1. The third kappa shape index (κ3) is 2.36. The Morgan fingerprint density at radius 3 is 3.11 bits per heavy atom. The van der Waals surface area contributed by atoms with E-state index in [1.54, 1.807) is 10.9 Å². The monoisotopic (exact) mass is 264 g/mol. The highest BCUT2D eigenvalue weighted by Gasteiger charge is 2.36. The van der Waals surface area contributed by atoms with Crippen molar-refractivity contribution in [3.63, 3.8) is 0 Å². The van der Waals surface area contributed by atoms with E-state index in [1.165, 1.54) is 0 Å². The maximum Gasteiger partial charge on any atom is 0.248 e. The molecule has 1 fully saturated rings. The lowest BCUT2D eigenvalue weighted by atomic mass is 10.0. The smallest absolute Gasteiger partial charge is 0.248 e. The van der Waals surface area contributed by atoms with Crippen LogP contribution in [-0.2, 0) is 23.4 Å². The van der Waals surface area contributed by atoms with Crippen molar-refractivity contribution in [3.8, 4) is 0 Å². The Bertz CT molecular complexity index is 557. The van der Waals surface area contributed by atoms with Gasteiger partial charge in [0.2, 0.25) is 11.7 Å². The van der Waals surface area contributed by atoms with E-state index in [-0.39, 0.29) is 0 Å². The summed E-state index contributed by atoms with van der Waals surface area (Å²) in [6.07, 6.45) is 3.69. The average molecular weight is 264 g/mol. The number of nitrogens with zero attached hydrogens (tertiary/aromatic N) is 5. The molecule has 3 heterocycles. The third-order valence-corrected chi connectivity index (χ3v) is 3.25. The van der Waals surface area contributed by atoms with Crippen LogP contribution >= 0.6 is 0 Å². The first-order chi connectivity index (χ1) is 9.19. The first-order valence-electron chi connectivity index (χ1n) is 6.26. The zero-order chi connectivity index (χ0) is 13.3. The molecule has 0 aromatic carbocycles. The maximum absolute atomic E-state index is 5.68. The molecule has 1 aliphatic rings. The van der Waals surface area contributed by atoms with E-state index >= 15 is 0 Å². The largest absolute Gasteiger partial charge is 0.367 e. The minimum absolute atomic E-state index is 0.362. The average Bonchev–Trinajstić information content (AvgIpc) is 3.10. The predicted molar refractivity (Wildman–Crippen MR) is 63.9 cm³/mol. The molecule has 0 radical (unpaired) electrons. The van der Waals surface area contributed by atoms with E-state index < -0.39 is 5.60 Å². The Morgan fingerprint density at radius 2 is 2.42 bits per heavy atom. The topological polar surface area (TPSA) is 105 Å². The second-order valence-corrected chi connectivity index (χ2v) is 4.81. The molecule has 1 aliphatic heterocycles. The molecule has 3 rings (SSSR count). The van der Waals surface area contributed by atoms with Crippen molar-refractivity contribution in [3.05, 3.63) is 23.6 Å². The van der Waals surface area contributed by atoms with Crippen LogP contribution in [0.3, 0.4) is 0 Å². The van der Waals surface area contributed by atoms with Gasteiger partial charge in [-0.25, -0.2) is 4.68 Å². The lowest BCUT2D eigenvalue weighted by Crippen LogP contribution is -2.21. The first-order valence-corrected chi connectivity index (χ1v) is 6.26. The Morgan fingerprint density at radius 1 is 1.53 bits per heavy atom. The number of nitrogens with two attached hydrogens (primary N) is 1. The van der Waals surface area contributed by atoms with Crippen molar-refractivity contribution in [1.29, 1.82) is 0 Å². The Kier molecular flexibility index (Phi) is 3.03.